The molecule has 0 aromatic rings. The molecule has 3 heteroatoms. The van der Waals surface area contributed by atoms with Gasteiger partial charge in [0.15, 0.2) is 6.29 Å². The Morgan fingerprint density at radius 2 is 2.50 bits per heavy atom. The van der Waals surface area contributed by atoms with Crippen LogP contribution in [0.2, 0.25) is 0 Å². The second-order valence-corrected chi connectivity index (χ2v) is 0.573. The Balaban J connectivity index is 2.94. The number of carbonyl (C=O) groups is 1. The van der Waals surface area contributed by atoms with Crippen LogP contribution in [0.25, 0.3) is 0 Å². The number of hydrogen-bond donors (Lipinski definition) is 0. The van der Waals surface area contributed by atoms with E-state index in [1.54, 1.807) is 0 Å². The predicted molar refractivity (Wildman–Crippen MR) is 21.6 cm³/mol. The zero-order valence-electron chi connectivity index (χ0n) is 3.42. The van der Waals surface area contributed by atoms with E-state index in [4.69, 9.17) is 0 Å². The quantitative estimate of drug-likeness (QED) is 0.266. The van der Waals surface area contributed by atoms with Crippen LogP contribution in [-0.2, 0) is 9.63 Å². The molecule has 0 aromatic carbocycles. The van der Waals surface area contributed by atoms with Crippen LogP contribution >= 0.6 is 0 Å². The minimum atomic E-state index is 0.545. The molecule has 3 nitrogen and oxygen atoms in total. The van der Waals surface area contributed by atoms with Crippen LogP contribution < -0.4 is 0 Å². The van der Waals surface area contributed by atoms with Gasteiger partial charge >= 0.3 is 0 Å². The predicted octanol–water partition coefficient (Wildman–Crippen LogP) is -0.182. The van der Waals surface area contributed by atoms with Gasteiger partial charge in [-0.15, -0.1) is 0 Å². The van der Waals surface area contributed by atoms with E-state index >= 15 is 0 Å². The Morgan fingerprint density at radius 3 is 2.67 bits per heavy atom. The molecule has 0 aliphatic heterocycles. The largest absolute Gasteiger partial charge is 0.399 e. The van der Waals surface area contributed by atoms with Crippen molar-refractivity contribution in [3.63, 3.8) is 0 Å². The van der Waals surface area contributed by atoms with E-state index in [0.29, 0.717) is 6.29 Å². The average Bonchev–Trinajstić information content (AvgIpc) is 1.61. The van der Waals surface area contributed by atoms with Gasteiger partial charge in [0.2, 0.25) is 0 Å². The van der Waals surface area contributed by atoms with Gasteiger partial charge in [-0.25, -0.2) is 0 Å². The molecule has 0 fully saturated rings. The molecule has 0 aromatic heterocycles. The second kappa shape index (κ2) is 4.14. The maximum Gasteiger partial charge on any atom is 0.164 e. The Bertz CT molecular complexity index is 59.8. The van der Waals surface area contributed by atoms with E-state index in [1.807, 2.05) is 0 Å². The molecule has 6 heavy (non-hydrogen) atoms. The van der Waals surface area contributed by atoms with Crippen LogP contribution in [0, 0.1) is 0 Å². The highest BCUT2D eigenvalue weighted by Gasteiger charge is 1.57. The van der Waals surface area contributed by atoms with Gasteiger partial charge in [0.25, 0.3) is 0 Å². The van der Waals surface area contributed by atoms with Crippen LogP contribution in [0.1, 0.15) is 0 Å². The zero-order chi connectivity index (χ0) is 4.83. The van der Waals surface area contributed by atoms with E-state index < -0.39 is 0 Å². The highest BCUT2D eigenvalue weighted by atomic mass is 16.6. The first-order valence-electron chi connectivity index (χ1n) is 1.42. The normalized spacial score (nSPS) is 8.83. The lowest BCUT2D eigenvalue weighted by Gasteiger charge is -1.74. The molecule has 0 aliphatic rings. The van der Waals surface area contributed by atoms with Crippen LogP contribution in [0.4, 0.5) is 0 Å². The molecule has 0 bridgehead atoms. The fraction of sp³-hybridized carbons (Fsp3) is 0.333. The summed E-state index contributed by atoms with van der Waals surface area (Å²) >= 11 is 0. The highest BCUT2D eigenvalue weighted by molar-refractivity contribution is 6.12. The van der Waals surface area contributed by atoms with Gasteiger partial charge in [0.1, 0.15) is 13.3 Å². The molecule has 0 radical (unpaired) electrons. The third kappa shape index (κ3) is 3.14. The minimum Gasteiger partial charge on any atom is -0.399 e. The van der Waals surface area contributed by atoms with Gasteiger partial charge in [-0.2, -0.15) is 0 Å². The van der Waals surface area contributed by atoms with Crippen LogP contribution in [0.3, 0.4) is 0 Å². The molecule has 0 aliphatic carbocycles. The first kappa shape index (κ1) is 5.14. The molecule has 0 heterocycles. The van der Waals surface area contributed by atoms with Gasteiger partial charge in [0.05, 0.1) is 0 Å². The summed E-state index contributed by atoms with van der Waals surface area (Å²) in [5.41, 5.74) is 0. The molecular formula is C3H5NO2. The Labute approximate surface area is 35.6 Å². The Kier molecular flexibility index (Phi) is 3.55. The number of aldehydes is 1. The molecule has 0 unspecified atom stereocenters. The monoisotopic (exact) mass is 87.0 g/mol. The molecule has 0 amide bonds. The van der Waals surface area contributed by atoms with Crippen LogP contribution in [0.5, 0.6) is 0 Å². The van der Waals surface area contributed by atoms with Crippen molar-refractivity contribution in [3.8, 4) is 0 Å². The maximum atomic E-state index is 9.33. The SMILES string of the molecule is CO/N=C/C=O. The lowest BCUT2D eigenvalue weighted by Crippen LogP contribution is -1.72. The van der Waals surface area contributed by atoms with Crippen molar-refractivity contribution >= 4 is 12.5 Å². The molecule has 34 valence electrons. The molecule has 0 rings (SSSR count). The average molecular weight is 87.1 g/mol. The Morgan fingerprint density at radius 1 is 1.83 bits per heavy atom. The lowest BCUT2D eigenvalue weighted by atomic mass is 10.9. The molecular weight excluding hydrogens is 82.0 g/mol. The van der Waals surface area contributed by atoms with Crippen LogP contribution in [0.15, 0.2) is 5.16 Å². The number of carbonyl (C=O) groups excluding carboxylic acids is 1. The van der Waals surface area contributed by atoms with Gasteiger partial charge in [-0.1, -0.05) is 5.16 Å². The zero-order valence-corrected chi connectivity index (χ0v) is 3.42. The topological polar surface area (TPSA) is 38.7 Å². The highest BCUT2D eigenvalue weighted by Crippen LogP contribution is 1.56. The summed E-state index contributed by atoms with van der Waals surface area (Å²) in [4.78, 5) is 13.5. The van der Waals surface area contributed by atoms with Gasteiger partial charge in [-0.05, 0) is 0 Å². The molecule has 0 atom stereocenters. The van der Waals surface area contributed by atoms with Crippen molar-refractivity contribution in [3.05, 3.63) is 0 Å². The van der Waals surface area contributed by atoms with Crippen molar-refractivity contribution in [1.82, 2.24) is 0 Å². The fourth-order valence-corrected chi connectivity index (χ4v) is 0.0857. The number of rotatable bonds is 2. The molecule has 0 saturated carbocycles. The smallest absolute Gasteiger partial charge is 0.164 e. The van der Waals surface area contributed by atoms with E-state index in [1.165, 1.54) is 7.11 Å². The van der Waals surface area contributed by atoms with Crippen LogP contribution in [-0.4, -0.2) is 19.6 Å². The molecule has 0 saturated heterocycles. The lowest BCUT2D eigenvalue weighted by molar-refractivity contribution is -0.102. The molecule has 0 spiro atoms. The van der Waals surface area contributed by atoms with Crippen molar-refractivity contribution in [2.24, 2.45) is 5.16 Å². The maximum absolute atomic E-state index is 9.33. The van der Waals surface area contributed by atoms with E-state index in [-0.39, 0.29) is 0 Å². The molecule has 0 N–H and O–H groups in total. The van der Waals surface area contributed by atoms with Gasteiger partial charge < -0.3 is 4.84 Å². The fourth-order valence-electron chi connectivity index (χ4n) is 0.0857. The minimum absolute atomic E-state index is 0.545. The van der Waals surface area contributed by atoms with E-state index in [2.05, 4.69) is 9.99 Å². The second-order valence-electron chi connectivity index (χ2n) is 0.573. The number of nitrogens with zero attached hydrogens (tertiary/aromatic N) is 1. The summed E-state index contributed by atoms with van der Waals surface area (Å²) < 4.78 is 0. The summed E-state index contributed by atoms with van der Waals surface area (Å²) in [5.74, 6) is 0. The van der Waals surface area contributed by atoms with Crippen molar-refractivity contribution in [2.75, 3.05) is 7.11 Å². The third-order valence-corrected chi connectivity index (χ3v) is 0.227. The third-order valence-electron chi connectivity index (χ3n) is 0.227. The van der Waals surface area contributed by atoms with Gasteiger partial charge in [-0.3, -0.25) is 4.79 Å². The van der Waals surface area contributed by atoms with E-state index in [9.17, 15) is 4.79 Å². The first-order chi connectivity index (χ1) is 2.91. The summed E-state index contributed by atoms with van der Waals surface area (Å²) in [5, 5.41) is 3.10. The standard InChI is InChI=1S/C3H5NO2/c1-6-4-2-3-5/h2-3H,1H3/b4-2+. The van der Waals surface area contributed by atoms with E-state index in [0.717, 1.165) is 6.21 Å². The first-order valence-corrected chi connectivity index (χ1v) is 1.42. The van der Waals surface area contributed by atoms with Crippen molar-refractivity contribution in [1.29, 1.82) is 0 Å². The van der Waals surface area contributed by atoms with Crippen molar-refractivity contribution < 1.29 is 9.63 Å². The number of oxime groups is 1. The number of hydrogen-bond acceptors (Lipinski definition) is 3. The summed E-state index contributed by atoms with van der Waals surface area (Å²) in [6.45, 7) is 0. The summed E-state index contributed by atoms with van der Waals surface area (Å²) in [6, 6.07) is 0. The summed E-state index contributed by atoms with van der Waals surface area (Å²) in [7, 11) is 1.38. The summed E-state index contributed by atoms with van der Waals surface area (Å²) in [6.07, 6.45) is 1.57. The van der Waals surface area contributed by atoms with Gasteiger partial charge in [0, 0.05) is 0 Å². The van der Waals surface area contributed by atoms with Crippen molar-refractivity contribution in [2.45, 2.75) is 0 Å². The Hall–Kier alpha value is -0.860.